The van der Waals surface area contributed by atoms with Crippen molar-refractivity contribution >= 4 is 24.2 Å². The summed E-state index contributed by atoms with van der Waals surface area (Å²) in [6.07, 6.45) is 0. The highest BCUT2D eigenvalue weighted by Crippen LogP contribution is 2.28. The molecule has 0 nitrogen and oxygen atoms in total. The largest absolute Gasteiger partial charge is 0.166 e. The van der Waals surface area contributed by atoms with E-state index in [4.69, 9.17) is 11.6 Å². The predicted octanol–water partition coefficient (Wildman–Crippen LogP) is 4.36. The van der Waals surface area contributed by atoms with Crippen molar-refractivity contribution in [1.82, 2.24) is 0 Å². The normalized spacial score (nSPS) is 12.4. The van der Waals surface area contributed by atoms with Crippen molar-refractivity contribution in [3.05, 3.63) is 70.7 Å². The van der Waals surface area contributed by atoms with Crippen molar-refractivity contribution in [3.63, 3.8) is 0 Å². The van der Waals surface area contributed by atoms with Gasteiger partial charge in [-0.3, -0.25) is 0 Å². The molecular formula is C13H11ClS. The maximum absolute atomic E-state index is 5.84. The molecule has 2 rings (SSSR count). The van der Waals surface area contributed by atoms with Crippen molar-refractivity contribution in [3.8, 4) is 0 Å². The van der Waals surface area contributed by atoms with Crippen LogP contribution < -0.4 is 0 Å². The summed E-state index contributed by atoms with van der Waals surface area (Å²) < 4.78 is 0. The SMILES string of the molecule is S[C@H](c1ccccc1)c1ccc(Cl)cc1. The Labute approximate surface area is 100 Å². The third-order valence-corrected chi connectivity index (χ3v) is 3.15. The van der Waals surface area contributed by atoms with Gasteiger partial charge in [-0.15, -0.1) is 0 Å². The van der Waals surface area contributed by atoms with Crippen LogP contribution in [0.5, 0.6) is 0 Å². The summed E-state index contributed by atoms with van der Waals surface area (Å²) >= 11 is 10.4. The summed E-state index contributed by atoms with van der Waals surface area (Å²) in [4.78, 5) is 0. The maximum atomic E-state index is 5.84. The van der Waals surface area contributed by atoms with Crippen LogP contribution in [0.3, 0.4) is 0 Å². The van der Waals surface area contributed by atoms with Crippen molar-refractivity contribution in [2.24, 2.45) is 0 Å². The molecule has 0 aliphatic rings. The van der Waals surface area contributed by atoms with Gasteiger partial charge in [-0.2, -0.15) is 12.6 Å². The number of thiol groups is 1. The van der Waals surface area contributed by atoms with Gasteiger partial charge in [0.1, 0.15) is 0 Å². The molecule has 1 atom stereocenters. The summed E-state index contributed by atoms with van der Waals surface area (Å²) in [5.41, 5.74) is 2.36. The Kier molecular flexibility index (Phi) is 3.34. The van der Waals surface area contributed by atoms with Gasteiger partial charge in [-0.25, -0.2) is 0 Å². The first kappa shape index (κ1) is 10.6. The second-order valence-electron chi connectivity index (χ2n) is 3.36. The van der Waals surface area contributed by atoms with Crippen LogP contribution in [0.15, 0.2) is 54.6 Å². The van der Waals surface area contributed by atoms with E-state index in [9.17, 15) is 0 Å². The molecule has 0 aromatic heterocycles. The van der Waals surface area contributed by atoms with Crippen LogP contribution in [-0.4, -0.2) is 0 Å². The average Bonchev–Trinajstić information content (AvgIpc) is 2.30. The molecule has 2 aromatic rings. The standard InChI is InChI=1S/C13H11ClS/c14-12-8-6-11(7-9-12)13(15)10-4-2-1-3-5-10/h1-9,13,15H/t13-/m1/s1. The van der Waals surface area contributed by atoms with E-state index in [1.165, 1.54) is 5.56 Å². The molecular weight excluding hydrogens is 224 g/mol. The second kappa shape index (κ2) is 4.73. The Bertz CT molecular complexity index is 422. The van der Waals surface area contributed by atoms with Crippen LogP contribution in [0.2, 0.25) is 5.02 Å². The smallest absolute Gasteiger partial charge is 0.0516 e. The first-order valence-electron chi connectivity index (χ1n) is 4.76. The van der Waals surface area contributed by atoms with Crippen LogP contribution >= 0.6 is 24.2 Å². The Hall–Kier alpha value is -0.920. The van der Waals surface area contributed by atoms with Gasteiger partial charge in [-0.1, -0.05) is 54.1 Å². The Balaban J connectivity index is 2.29. The molecule has 0 aliphatic carbocycles. The summed E-state index contributed by atoms with van der Waals surface area (Å²) in [5, 5.41) is 0.871. The van der Waals surface area contributed by atoms with Gasteiger partial charge < -0.3 is 0 Å². The van der Waals surface area contributed by atoms with Crippen molar-refractivity contribution < 1.29 is 0 Å². The molecule has 0 amide bonds. The molecule has 0 fully saturated rings. The first-order valence-corrected chi connectivity index (χ1v) is 5.65. The summed E-state index contributed by atoms with van der Waals surface area (Å²) in [5.74, 6) is 0. The molecule has 0 aliphatic heterocycles. The van der Waals surface area contributed by atoms with Gasteiger partial charge in [-0.05, 0) is 23.3 Å². The lowest BCUT2D eigenvalue weighted by atomic mass is 10.0. The zero-order valence-corrected chi connectivity index (χ0v) is 9.75. The highest BCUT2D eigenvalue weighted by molar-refractivity contribution is 7.80. The Morgan fingerprint density at radius 1 is 0.800 bits per heavy atom. The van der Waals surface area contributed by atoms with Gasteiger partial charge in [0.2, 0.25) is 0 Å². The van der Waals surface area contributed by atoms with E-state index in [2.05, 4.69) is 24.8 Å². The lowest BCUT2D eigenvalue weighted by molar-refractivity contribution is 1.17. The number of halogens is 1. The number of rotatable bonds is 2. The number of hydrogen-bond donors (Lipinski definition) is 1. The van der Waals surface area contributed by atoms with Crippen LogP contribution in [0.25, 0.3) is 0 Å². The number of benzene rings is 2. The van der Waals surface area contributed by atoms with Crippen LogP contribution in [-0.2, 0) is 0 Å². The van der Waals surface area contributed by atoms with E-state index in [1.54, 1.807) is 0 Å². The quantitative estimate of drug-likeness (QED) is 0.734. The predicted molar refractivity (Wildman–Crippen MR) is 68.7 cm³/mol. The minimum Gasteiger partial charge on any atom is -0.166 e. The third-order valence-electron chi connectivity index (χ3n) is 2.30. The number of hydrogen-bond acceptors (Lipinski definition) is 1. The summed E-state index contributed by atoms with van der Waals surface area (Å²) in [6.45, 7) is 0. The van der Waals surface area contributed by atoms with E-state index in [0.29, 0.717) is 0 Å². The topological polar surface area (TPSA) is 0 Å². The van der Waals surface area contributed by atoms with Gasteiger partial charge >= 0.3 is 0 Å². The van der Waals surface area contributed by atoms with Crippen LogP contribution in [0, 0.1) is 0 Å². The minimum atomic E-state index is 0.114. The molecule has 2 heteroatoms. The fraction of sp³-hybridized carbons (Fsp3) is 0.0769. The monoisotopic (exact) mass is 234 g/mol. The highest BCUT2D eigenvalue weighted by atomic mass is 35.5. The van der Waals surface area contributed by atoms with Crippen molar-refractivity contribution in [1.29, 1.82) is 0 Å². The fourth-order valence-electron chi connectivity index (χ4n) is 1.47. The molecule has 0 bridgehead atoms. The molecule has 0 saturated heterocycles. The maximum Gasteiger partial charge on any atom is 0.0516 e. The van der Waals surface area contributed by atoms with E-state index in [-0.39, 0.29) is 5.25 Å². The van der Waals surface area contributed by atoms with E-state index in [1.807, 2.05) is 42.5 Å². The third kappa shape index (κ3) is 2.55. The van der Waals surface area contributed by atoms with Crippen molar-refractivity contribution in [2.75, 3.05) is 0 Å². The minimum absolute atomic E-state index is 0.114. The zero-order chi connectivity index (χ0) is 10.7. The summed E-state index contributed by atoms with van der Waals surface area (Å²) in [6, 6.07) is 18.0. The van der Waals surface area contributed by atoms with Gasteiger partial charge in [0.15, 0.2) is 0 Å². The fourth-order valence-corrected chi connectivity index (χ4v) is 1.94. The van der Waals surface area contributed by atoms with E-state index in [0.717, 1.165) is 10.6 Å². The summed E-state index contributed by atoms with van der Waals surface area (Å²) in [7, 11) is 0. The molecule has 76 valence electrons. The highest BCUT2D eigenvalue weighted by Gasteiger charge is 2.07. The van der Waals surface area contributed by atoms with Crippen molar-refractivity contribution in [2.45, 2.75) is 5.25 Å². The molecule has 0 saturated carbocycles. The molecule has 2 aromatic carbocycles. The lowest BCUT2D eigenvalue weighted by Gasteiger charge is -2.11. The molecule has 0 N–H and O–H groups in total. The molecule has 0 unspecified atom stereocenters. The Morgan fingerprint density at radius 3 is 1.93 bits per heavy atom. The van der Waals surface area contributed by atoms with Gasteiger partial charge in [0.25, 0.3) is 0 Å². The molecule has 0 radical (unpaired) electrons. The lowest BCUT2D eigenvalue weighted by Crippen LogP contribution is -1.92. The van der Waals surface area contributed by atoms with Gasteiger partial charge in [0, 0.05) is 5.02 Å². The van der Waals surface area contributed by atoms with E-state index >= 15 is 0 Å². The molecule has 15 heavy (non-hydrogen) atoms. The van der Waals surface area contributed by atoms with Crippen LogP contribution in [0.1, 0.15) is 16.4 Å². The van der Waals surface area contributed by atoms with Crippen LogP contribution in [0.4, 0.5) is 0 Å². The second-order valence-corrected chi connectivity index (χ2v) is 4.32. The first-order chi connectivity index (χ1) is 7.27. The van der Waals surface area contributed by atoms with E-state index < -0.39 is 0 Å². The molecule has 0 heterocycles. The average molecular weight is 235 g/mol. The Morgan fingerprint density at radius 2 is 1.33 bits per heavy atom. The zero-order valence-electron chi connectivity index (χ0n) is 8.10. The molecule has 0 spiro atoms. The van der Waals surface area contributed by atoms with Gasteiger partial charge in [0.05, 0.1) is 5.25 Å².